The molecule has 0 spiro atoms. The first-order chi connectivity index (χ1) is 10.2. The fraction of sp³-hybridized carbons (Fsp3) is 0.438. The van der Waals surface area contributed by atoms with Gasteiger partial charge in [-0.1, -0.05) is 0 Å². The van der Waals surface area contributed by atoms with Crippen molar-refractivity contribution < 1.29 is 0 Å². The minimum Gasteiger partial charge on any atom is -0.356 e. The summed E-state index contributed by atoms with van der Waals surface area (Å²) in [5.41, 5.74) is 3.71. The number of anilines is 1. The van der Waals surface area contributed by atoms with Crippen molar-refractivity contribution in [1.29, 1.82) is 5.26 Å². The molecule has 1 aliphatic heterocycles. The van der Waals surface area contributed by atoms with Gasteiger partial charge in [-0.25, -0.2) is 4.98 Å². The molecule has 1 fully saturated rings. The van der Waals surface area contributed by atoms with E-state index in [1.807, 2.05) is 26.1 Å². The van der Waals surface area contributed by atoms with Gasteiger partial charge >= 0.3 is 0 Å². The van der Waals surface area contributed by atoms with Crippen molar-refractivity contribution in [2.45, 2.75) is 32.6 Å². The molecular formula is C16H19N5. The Hall–Kier alpha value is -2.35. The number of piperidine rings is 1. The Labute approximate surface area is 124 Å². The molecule has 0 saturated carbocycles. The Kier molecular flexibility index (Phi) is 3.61. The van der Waals surface area contributed by atoms with Gasteiger partial charge in [0.05, 0.1) is 11.3 Å². The molecule has 0 aliphatic carbocycles. The zero-order valence-corrected chi connectivity index (χ0v) is 12.4. The molecule has 0 aromatic carbocycles. The molecule has 1 saturated heterocycles. The topological polar surface area (TPSA) is 68.6 Å². The van der Waals surface area contributed by atoms with Crippen LogP contribution in [0.25, 0.3) is 0 Å². The Morgan fingerprint density at radius 1 is 1.43 bits per heavy atom. The number of nitriles is 1. The second kappa shape index (κ2) is 5.57. The molecule has 5 nitrogen and oxygen atoms in total. The van der Waals surface area contributed by atoms with Gasteiger partial charge in [0, 0.05) is 30.9 Å². The molecule has 2 aromatic heterocycles. The van der Waals surface area contributed by atoms with Crippen LogP contribution in [0.3, 0.4) is 0 Å². The summed E-state index contributed by atoms with van der Waals surface area (Å²) in [5, 5.41) is 16.3. The van der Waals surface area contributed by atoms with Crippen molar-refractivity contribution in [3.05, 3.63) is 40.8 Å². The van der Waals surface area contributed by atoms with Crippen LogP contribution < -0.4 is 4.90 Å². The smallest absolute Gasteiger partial charge is 0.129 e. The number of H-pyrrole nitrogens is 1. The monoisotopic (exact) mass is 281 g/mol. The number of hydrogen-bond donors (Lipinski definition) is 1. The number of aromatic nitrogens is 3. The molecule has 0 radical (unpaired) electrons. The Morgan fingerprint density at radius 3 is 2.95 bits per heavy atom. The summed E-state index contributed by atoms with van der Waals surface area (Å²) in [6, 6.07) is 6.31. The van der Waals surface area contributed by atoms with Gasteiger partial charge in [-0.3, -0.25) is 5.10 Å². The second-order valence-electron chi connectivity index (χ2n) is 5.67. The zero-order chi connectivity index (χ0) is 14.8. The van der Waals surface area contributed by atoms with Gasteiger partial charge in [0.25, 0.3) is 0 Å². The lowest BCUT2D eigenvalue weighted by atomic mass is 9.95. The van der Waals surface area contributed by atoms with Gasteiger partial charge in [0.15, 0.2) is 0 Å². The number of pyridine rings is 1. The molecule has 2 aromatic rings. The molecule has 1 unspecified atom stereocenters. The van der Waals surface area contributed by atoms with Crippen LogP contribution in [0, 0.1) is 25.2 Å². The number of aromatic amines is 1. The van der Waals surface area contributed by atoms with Crippen molar-refractivity contribution in [3.63, 3.8) is 0 Å². The van der Waals surface area contributed by atoms with Crippen LogP contribution in [0.15, 0.2) is 18.3 Å². The van der Waals surface area contributed by atoms with Crippen LogP contribution in [0.1, 0.15) is 41.3 Å². The molecule has 0 bridgehead atoms. The highest BCUT2D eigenvalue weighted by molar-refractivity contribution is 5.50. The third kappa shape index (κ3) is 2.62. The maximum Gasteiger partial charge on any atom is 0.129 e. The molecule has 108 valence electrons. The molecule has 1 N–H and O–H groups in total. The predicted octanol–water partition coefficient (Wildman–Crippen LogP) is 2.68. The SMILES string of the molecule is Cc1cc(N2CCCC(c3ccn[nH]3)C2)nc(C)c1C#N. The summed E-state index contributed by atoms with van der Waals surface area (Å²) in [7, 11) is 0. The largest absolute Gasteiger partial charge is 0.356 e. The first-order valence-corrected chi connectivity index (χ1v) is 7.31. The first-order valence-electron chi connectivity index (χ1n) is 7.31. The molecule has 21 heavy (non-hydrogen) atoms. The second-order valence-corrected chi connectivity index (χ2v) is 5.67. The van der Waals surface area contributed by atoms with E-state index in [1.165, 1.54) is 12.1 Å². The number of aryl methyl sites for hydroxylation is 2. The predicted molar refractivity (Wildman–Crippen MR) is 81.2 cm³/mol. The number of nitrogens with zero attached hydrogens (tertiary/aromatic N) is 4. The van der Waals surface area contributed by atoms with Crippen LogP contribution in [0.5, 0.6) is 0 Å². The van der Waals surface area contributed by atoms with Crippen LogP contribution in [-0.2, 0) is 0 Å². The first kappa shape index (κ1) is 13.6. The van der Waals surface area contributed by atoms with Gasteiger partial charge in [0.2, 0.25) is 0 Å². The molecule has 5 heteroatoms. The molecule has 1 aliphatic rings. The van der Waals surface area contributed by atoms with Gasteiger partial charge in [-0.15, -0.1) is 0 Å². The van der Waals surface area contributed by atoms with Crippen molar-refractivity contribution in [2.24, 2.45) is 0 Å². The van der Waals surface area contributed by atoms with Crippen molar-refractivity contribution >= 4 is 5.82 Å². The van der Waals surface area contributed by atoms with Gasteiger partial charge in [-0.2, -0.15) is 10.4 Å². The average molecular weight is 281 g/mol. The van der Waals surface area contributed by atoms with Gasteiger partial charge in [-0.05, 0) is 44.4 Å². The van der Waals surface area contributed by atoms with E-state index in [0.29, 0.717) is 11.5 Å². The van der Waals surface area contributed by atoms with Gasteiger partial charge < -0.3 is 4.90 Å². The van der Waals surface area contributed by atoms with Crippen LogP contribution in [0.4, 0.5) is 5.82 Å². The average Bonchev–Trinajstić information content (AvgIpc) is 3.01. The highest BCUT2D eigenvalue weighted by atomic mass is 15.2. The number of hydrogen-bond acceptors (Lipinski definition) is 4. The van der Waals surface area contributed by atoms with E-state index in [4.69, 9.17) is 5.26 Å². The Morgan fingerprint density at radius 2 is 2.29 bits per heavy atom. The summed E-state index contributed by atoms with van der Waals surface area (Å²) in [5.74, 6) is 1.45. The molecular weight excluding hydrogens is 262 g/mol. The summed E-state index contributed by atoms with van der Waals surface area (Å²) in [6.07, 6.45) is 4.12. The van der Waals surface area contributed by atoms with E-state index in [-0.39, 0.29) is 0 Å². The molecule has 1 atom stereocenters. The maximum absolute atomic E-state index is 9.15. The van der Waals surface area contributed by atoms with E-state index >= 15 is 0 Å². The minimum absolute atomic E-state index is 0.472. The summed E-state index contributed by atoms with van der Waals surface area (Å²) in [4.78, 5) is 6.94. The minimum atomic E-state index is 0.472. The van der Waals surface area contributed by atoms with Crippen molar-refractivity contribution in [1.82, 2.24) is 15.2 Å². The summed E-state index contributed by atoms with van der Waals surface area (Å²) >= 11 is 0. The van der Waals surface area contributed by atoms with E-state index in [0.717, 1.165) is 36.6 Å². The van der Waals surface area contributed by atoms with E-state index in [9.17, 15) is 0 Å². The van der Waals surface area contributed by atoms with Gasteiger partial charge in [0.1, 0.15) is 11.9 Å². The zero-order valence-electron chi connectivity index (χ0n) is 12.4. The molecule has 0 amide bonds. The maximum atomic E-state index is 9.15. The highest BCUT2D eigenvalue weighted by Gasteiger charge is 2.23. The summed E-state index contributed by atoms with van der Waals surface area (Å²) in [6.45, 7) is 5.85. The van der Waals surface area contributed by atoms with E-state index < -0.39 is 0 Å². The molecule has 3 heterocycles. The standard InChI is InChI=1S/C16H19N5/c1-11-8-16(19-12(2)14(11)9-17)21-7-3-4-13(10-21)15-5-6-18-20-15/h5-6,8,13H,3-4,7,10H2,1-2H3,(H,18,20). The van der Waals surface area contributed by atoms with Crippen molar-refractivity contribution in [2.75, 3.05) is 18.0 Å². The third-order valence-corrected chi connectivity index (χ3v) is 4.20. The fourth-order valence-corrected chi connectivity index (χ4v) is 3.08. The quantitative estimate of drug-likeness (QED) is 0.919. The summed E-state index contributed by atoms with van der Waals surface area (Å²) < 4.78 is 0. The van der Waals surface area contributed by atoms with Crippen molar-refractivity contribution in [3.8, 4) is 6.07 Å². The Bertz CT molecular complexity index is 645. The normalized spacial score (nSPS) is 18.5. The lowest BCUT2D eigenvalue weighted by Gasteiger charge is -2.33. The van der Waals surface area contributed by atoms with Crippen LogP contribution >= 0.6 is 0 Å². The highest BCUT2D eigenvalue weighted by Crippen LogP contribution is 2.29. The lowest BCUT2D eigenvalue weighted by molar-refractivity contribution is 0.497. The van der Waals surface area contributed by atoms with E-state index in [2.05, 4.69) is 32.2 Å². The number of nitrogens with one attached hydrogen (secondary N) is 1. The Balaban J connectivity index is 1.85. The third-order valence-electron chi connectivity index (χ3n) is 4.20. The lowest BCUT2D eigenvalue weighted by Crippen LogP contribution is -2.35. The fourth-order valence-electron chi connectivity index (χ4n) is 3.08. The van der Waals surface area contributed by atoms with E-state index in [1.54, 1.807) is 0 Å². The molecule has 3 rings (SSSR count). The van der Waals surface area contributed by atoms with Crippen LogP contribution in [0.2, 0.25) is 0 Å². The number of rotatable bonds is 2. The van der Waals surface area contributed by atoms with Crippen LogP contribution in [-0.4, -0.2) is 28.3 Å².